The third-order valence-electron chi connectivity index (χ3n) is 5.11. The summed E-state index contributed by atoms with van der Waals surface area (Å²) in [4.78, 5) is 20.2. The summed E-state index contributed by atoms with van der Waals surface area (Å²) in [5.74, 6) is 1.78. The van der Waals surface area contributed by atoms with Crippen molar-refractivity contribution in [1.82, 2.24) is 9.97 Å². The second-order valence-corrected chi connectivity index (χ2v) is 9.21. The number of allylic oxidation sites excluding steroid dienone is 2. The number of benzene rings is 2. The van der Waals surface area contributed by atoms with Crippen LogP contribution in [0.15, 0.2) is 72.9 Å². The van der Waals surface area contributed by atoms with Gasteiger partial charge in [0.15, 0.2) is 11.3 Å². The molecule has 0 saturated carbocycles. The molecule has 0 spiro atoms. The van der Waals surface area contributed by atoms with Gasteiger partial charge in [0.25, 0.3) is 0 Å². The Kier molecular flexibility index (Phi) is 10.6. The van der Waals surface area contributed by atoms with Crippen molar-refractivity contribution < 1.29 is 34.6 Å². The monoisotopic (exact) mass is 647 g/mol. The molecule has 4 aromatic rings. The molecule has 0 atom stereocenters. The van der Waals surface area contributed by atoms with Crippen molar-refractivity contribution in [3.05, 3.63) is 86.0 Å². The Hall–Kier alpha value is -3.08. The van der Waals surface area contributed by atoms with Gasteiger partial charge >= 0.3 is 0 Å². The normalized spacial score (nSPS) is 11.3. The Morgan fingerprint density at radius 1 is 1.09 bits per heavy atom. The molecule has 0 unspecified atom stereocenters. The molecule has 4 rings (SSSR count). The van der Waals surface area contributed by atoms with Crippen LogP contribution in [-0.4, -0.2) is 20.9 Å². The maximum absolute atomic E-state index is 11.2. The molecule has 185 valence electrons. The van der Waals surface area contributed by atoms with Gasteiger partial charge in [0.1, 0.15) is 0 Å². The number of carbonyl (C=O) groups excluding carboxylic acids is 1. The van der Waals surface area contributed by atoms with Crippen LogP contribution in [0.4, 0.5) is 0 Å². The Balaban J connectivity index is 0.000000271. The molecule has 1 radical (unpaired) electrons. The molecule has 6 heteroatoms. The summed E-state index contributed by atoms with van der Waals surface area (Å²) < 4.78 is 1.79. The first-order chi connectivity index (χ1) is 16.2. The predicted octanol–water partition coefficient (Wildman–Crippen LogP) is 6.26. The molecule has 2 heterocycles. The Bertz CT molecular complexity index is 1300. The molecule has 35 heavy (non-hydrogen) atoms. The van der Waals surface area contributed by atoms with Crippen LogP contribution >= 0.6 is 0 Å². The van der Waals surface area contributed by atoms with E-state index in [0.29, 0.717) is 24.7 Å². The molecule has 0 aliphatic carbocycles. The van der Waals surface area contributed by atoms with Crippen LogP contribution in [0.3, 0.4) is 0 Å². The minimum atomic E-state index is 0. The molecule has 1 N–H and O–H groups in total. The molecular weight excluding hydrogens is 615 g/mol. The fourth-order valence-electron chi connectivity index (χ4n) is 3.67. The number of aromatic nitrogens is 3. The Morgan fingerprint density at radius 2 is 1.80 bits per heavy atom. The third kappa shape index (κ3) is 7.98. The van der Waals surface area contributed by atoms with Gasteiger partial charge in [-0.2, -0.15) is 0 Å². The van der Waals surface area contributed by atoms with E-state index in [4.69, 9.17) is 4.98 Å². The molecule has 2 aromatic carbocycles. The number of carbonyl (C=O) groups is 1. The number of ketones is 1. The van der Waals surface area contributed by atoms with E-state index < -0.39 is 0 Å². The molecule has 0 amide bonds. The summed E-state index contributed by atoms with van der Waals surface area (Å²) in [6.45, 7) is 8.00. The second kappa shape index (κ2) is 13.1. The quantitative estimate of drug-likeness (QED) is 0.0883. The fraction of sp³-hybridized carbons (Fsp3) is 0.276. The van der Waals surface area contributed by atoms with Crippen molar-refractivity contribution in [2.24, 2.45) is 11.8 Å². The number of pyridine rings is 1. The zero-order valence-corrected chi connectivity index (χ0v) is 23.1. The van der Waals surface area contributed by atoms with E-state index in [1.807, 2.05) is 76.5 Å². The zero-order valence-electron chi connectivity index (χ0n) is 20.7. The summed E-state index contributed by atoms with van der Waals surface area (Å²) >= 11 is 0. The summed E-state index contributed by atoms with van der Waals surface area (Å²) in [5.41, 5.74) is 1.89. The topological polar surface area (TPSA) is 67.0 Å². The van der Waals surface area contributed by atoms with Gasteiger partial charge in [0.05, 0.1) is 5.76 Å². The van der Waals surface area contributed by atoms with Gasteiger partial charge < -0.3 is 9.67 Å². The minimum Gasteiger partial charge on any atom is -0.512 e. The van der Waals surface area contributed by atoms with E-state index in [0.717, 1.165) is 33.1 Å². The SMILES string of the molecule is CC(C)CC(=O)/C=C(\O)CC(C)C.[CH2-][n+]1cc2ccc3cnccc3c2nc1-c1[c-]cccc1.[Ir]. The van der Waals surface area contributed by atoms with E-state index >= 15 is 0 Å². The van der Waals surface area contributed by atoms with Crippen LogP contribution in [-0.2, 0) is 24.9 Å². The van der Waals surface area contributed by atoms with Crippen LogP contribution in [0.1, 0.15) is 40.5 Å². The molecule has 0 aliphatic rings. The summed E-state index contributed by atoms with van der Waals surface area (Å²) in [5, 5.41) is 12.6. The Labute approximate surface area is 221 Å². The van der Waals surface area contributed by atoms with Crippen LogP contribution in [0.25, 0.3) is 33.1 Å². The first-order valence-electron chi connectivity index (χ1n) is 11.5. The summed E-state index contributed by atoms with van der Waals surface area (Å²) in [6, 6.07) is 17.1. The van der Waals surface area contributed by atoms with E-state index in [2.05, 4.69) is 24.2 Å². The van der Waals surface area contributed by atoms with Crippen molar-refractivity contribution in [2.45, 2.75) is 40.5 Å². The molecular formula is C29H32IrN3O2-. The van der Waals surface area contributed by atoms with E-state index in [1.165, 1.54) is 6.08 Å². The van der Waals surface area contributed by atoms with Gasteiger partial charge in [-0.1, -0.05) is 50.4 Å². The number of rotatable bonds is 6. The van der Waals surface area contributed by atoms with Gasteiger partial charge in [0.2, 0.25) is 5.82 Å². The van der Waals surface area contributed by atoms with Crippen molar-refractivity contribution >= 4 is 27.5 Å². The number of nitrogens with zero attached hydrogens (tertiary/aromatic N) is 3. The van der Waals surface area contributed by atoms with Crippen LogP contribution in [0.5, 0.6) is 0 Å². The molecule has 0 saturated heterocycles. The van der Waals surface area contributed by atoms with E-state index in [1.54, 1.807) is 10.8 Å². The number of hydrogen-bond acceptors (Lipinski definition) is 4. The molecule has 2 aromatic heterocycles. The largest absolute Gasteiger partial charge is 0.512 e. The standard InChI is InChI=1S/C18H12N3.C11H20O2.Ir/c1-21-12-15-8-7-14-11-19-10-9-16(14)17(15)20-18(21)13-5-3-2-4-6-13;1-8(2)5-10(12)7-11(13)6-9(3)4;/h2-5,7-12H,1H2;7-9,12H,5-6H2,1-4H3;/q-1;;/b;10-7-;. The van der Waals surface area contributed by atoms with Gasteiger partial charge in [-0.05, 0) is 24.9 Å². The second-order valence-electron chi connectivity index (χ2n) is 9.21. The maximum Gasteiger partial charge on any atom is 0.231 e. The first kappa shape index (κ1) is 28.2. The van der Waals surface area contributed by atoms with Crippen LogP contribution in [0.2, 0.25) is 0 Å². The molecule has 5 nitrogen and oxygen atoms in total. The first-order valence-corrected chi connectivity index (χ1v) is 11.5. The fourth-order valence-corrected chi connectivity index (χ4v) is 3.67. The minimum absolute atomic E-state index is 0. The van der Waals surface area contributed by atoms with Crippen LogP contribution in [0, 0.1) is 24.9 Å². The smallest absolute Gasteiger partial charge is 0.231 e. The molecule has 0 aliphatic heterocycles. The van der Waals surface area contributed by atoms with Crippen molar-refractivity contribution in [1.29, 1.82) is 0 Å². The Morgan fingerprint density at radius 3 is 2.46 bits per heavy atom. The van der Waals surface area contributed by atoms with E-state index in [-0.39, 0.29) is 31.6 Å². The number of aliphatic hydroxyl groups excluding tert-OH is 1. The number of fused-ring (bicyclic) bond motifs is 3. The average molecular weight is 647 g/mol. The predicted molar refractivity (Wildman–Crippen MR) is 137 cm³/mol. The summed E-state index contributed by atoms with van der Waals surface area (Å²) in [6.07, 6.45) is 8.11. The van der Waals surface area contributed by atoms with Gasteiger partial charge in [-0.25, -0.2) is 0 Å². The number of aliphatic hydroxyl groups is 1. The number of hydrogen-bond donors (Lipinski definition) is 1. The van der Waals surface area contributed by atoms with Gasteiger partial charge in [-0.15, -0.1) is 30.3 Å². The maximum atomic E-state index is 11.2. The van der Waals surface area contributed by atoms with Crippen molar-refractivity contribution in [3.8, 4) is 11.4 Å². The van der Waals surface area contributed by atoms with Crippen molar-refractivity contribution in [3.63, 3.8) is 0 Å². The van der Waals surface area contributed by atoms with Gasteiger partial charge in [-0.3, -0.25) is 9.78 Å². The molecule has 0 fully saturated rings. The van der Waals surface area contributed by atoms with Crippen molar-refractivity contribution in [2.75, 3.05) is 0 Å². The zero-order chi connectivity index (χ0) is 24.7. The van der Waals surface area contributed by atoms with E-state index in [9.17, 15) is 9.90 Å². The summed E-state index contributed by atoms with van der Waals surface area (Å²) in [7, 11) is 4.05. The van der Waals surface area contributed by atoms with Gasteiger partial charge in [0, 0.05) is 73.8 Å². The average Bonchev–Trinajstić information content (AvgIpc) is 2.78. The molecule has 0 bridgehead atoms. The van der Waals surface area contributed by atoms with Crippen LogP contribution < -0.4 is 4.57 Å². The third-order valence-corrected chi connectivity index (χ3v) is 5.11.